The molecule has 1 aromatic heterocycles. The van der Waals surface area contributed by atoms with Gasteiger partial charge in [0.05, 0.1) is 24.4 Å². The number of benzene rings is 2. The van der Waals surface area contributed by atoms with E-state index in [1.165, 1.54) is 16.2 Å². The third kappa shape index (κ3) is 3.27. The van der Waals surface area contributed by atoms with Crippen LogP contribution in [0.2, 0.25) is 0 Å². The summed E-state index contributed by atoms with van der Waals surface area (Å²) in [6.45, 7) is 3.77. The summed E-state index contributed by atoms with van der Waals surface area (Å²) in [5.41, 5.74) is 1.95. The van der Waals surface area contributed by atoms with E-state index in [1.807, 2.05) is 19.9 Å². The standard InChI is InChI=1S/C23H20N2O4S/c1-13-14(2)30-23(24-13)25-19(16-10-7-11-17(12-16)29-3)18(21(27)22(25)28)20(26)15-8-5-4-6-9-15/h4-12,19,26H,1-3H3/b20-18+/t19-/m1/s1. The molecule has 152 valence electrons. The van der Waals surface area contributed by atoms with Crippen LogP contribution in [0.3, 0.4) is 0 Å². The summed E-state index contributed by atoms with van der Waals surface area (Å²) in [5.74, 6) is -1.08. The Bertz CT molecular complexity index is 1150. The lowest BCUT2D eigenvalue weighted by Gasteiger charge is -2.23. The second kappa shape index (κ2) is 7.76. The fourth-order valence-corrected chi connectivity index (χ4v) is 4.40. The molecule has 2 aromatic carbocycles. The molecule has 4 rings (SSSR count). The van der Waals surface area contributed by atoms with Gasteiger partial charge in [0.15, 0.2) is 5.13 Å². The van der Waals surface area contributed by atoms with Gasteiger partial charge >= 0.3 is 5.91 Å². The molecular formula is C23H20N2O4S. The van der Waals surface area contributed by atoms with Crippen LogP contribution >= 0.6 is 11.3 Å². The zero-order valence-electron chi connectivity index (χ0n) is 16.7. The van der Waals surface area contributed by atoms with E-state index in [4.69, 9.17) is 4.74 Å². The molecule has 1 fully saturated rings. The van der Waals surface area contributed by atoms with Crippen molar-refractivity contribution in [2.75, 3.05) is 12.0 Å². The Morgan fingerprint density at radius 3 is 2.47 bits per heavy atom. The highest BCUT2D eigenvalue weighted by Crippen LogP contribution is 2.44. The number of ketones is 1. The number of Topliss-reactive ketones (excluding diaryl/α,β-unsaturated/α-hetero) is 1. The van der Waals surface area contributed by atoms with Gasteiger partial charge in [0, 0.05) is 10.4 Å². The Morgan fingerprint density at radius 2 is 1.83 bits per heavy atom. The van der Waals surface area contributed by atoms with E-state index in [9.17, 15) is 14.7 Å². The van der Waals surface area contributed by atoms with Crippen molar-refractivity contribution < 1.29 is 19.4 Å². The van der Waals surface area contributed by atoms with Crippen molar-refractivity contribution in [1.29, 1.82) is 0 Å². The molecule has 0 unspecified atom stereocenters. The maximum Gasteiger partial charge on any atom is 0.301 e. The molecular weight excluding hydrogens is 400 g/mol. The molecule has 0 saturated carbocycles. The minimum Gasteiger partial charge on any atom is -0.507 e. The number of ether oxygens (including phenoxy) is 1. The van der Waals surface area contributed by atoms with Crippen molar-refractivity contribution in [3.63, 3.8) is 0 Å². The number of carbonyl (C=O) groups excluding carboxylic acids is 2. The van der Waals surface area contributed by atoms with Gasteiger partial charge in [-0.1, -0.05) is 42.5 Å². The molecule has 2 heterocycles. The van der Waals surface area contributed by atoms with E-state index >= 15 is 0 Å². The van der Waals surface area contributed by atoms with Crippen molar-refractivity contribution in [3.8, 4) is 5.75 Å². The van der Waals surface area contributed by atoms with Gasteiger partial charge in [0.25, 0.3) is 5.78 Å². The average Bonchev–Trinajstić information content (AvgIpc) is 3.23. The van der Waals surface area contributed by atoms with Crippen LogP contribution in [0.1, 0.15) is 27.7 Å². The number of amides is 1. The number of rotatable bonds is 4. The van der Waals surface area contributed by atoms with Crippen LogP contribution < -0.4 is 9.64 Å². The number of hydrogen-bond donors (Lipinski definition) is 1. The summed E-state index contributed by atoms with van der Waals surface area (Å²) < 4.78 is 5.33. The molecule has 1 saturated heterocycles. The van der Waals surface area contributed by atoms with E-state index in [1.54, 1.807) is 55.6 Å². The number of thiazole rings is 1. The normalized spacial score (nSPS) is 18.1. The second-order valence-corrected chi connectivity index (χ2v) is 8.13. The predicted octanol–water partition coefficient (Wildman–Crippen LogP) is 4.39. The lowest BCUT2D eigenvalue weighted by atomic mass is 9.95. The van der Waals surface area contributed by atoms with Crippen LogP contribution in [0.4, 0.5) is 5.13 Å². The molecule has 3 aromatic rings. The first-order chi connectivity index (χ1) is 14.4. The molecule has 6 nitrogen and oxygen atoms in total. The Morgan fingerprint density at radius 1 is 1.10 bits per heavy atom. The average molecular weight is 420 g/mol. The summed E-state index contributed by atoms with van der Waals surface area (Å²) in [6, 6.07) is 15.1. The van der Waals surface area contributed by atoms with Gasteiger partial charge in [-0.05, 0) is 31.5 Å². The monoisotopic (exact) mass is 420 g/mol. The van der Waals surface area contributed by atoms with Crippen LogP contribution in [0.25, 0.3) is 5.76 Å². The maximum absolute atomic E-state index is 13.1. The fourth-order valence-electron chi connectivity index (χ4n) is 3.47. The predicted molar refractivity (Wildman–Crippen MR) is 116 cm³/mol. The topological polar surface area (TPSA) is 79.7 Å². The highest BCUT2D eigenvalue weighted by atomic mass is 32.1. The van der Waals surface area contributed by atoms with Gasteiger partial charge in [-0.15, -0.1) is 11.3 Å². The molecule has 1 aliphatic rings. The van der Waals surface area contributed by atoms with E-state index in [0.29, 0.717) is 22.0 Å². The number of aryl methyl sites for hydroxylation is 2. The van der Waals surface area contributed by atoms with E-state index in [2.05, 4.69) is 4.98 Å². The van der Waals surface area contributed by atoms with E-state index < -0.39 is 17.7 Å². The summed E-state index contributed by atoms with van der Waals surface area (Å²) in [5, 5.41) is 11.4. The number of carbonyl (C=O) groups is 2. The summed E-state index contributed by atoms with van der Waals surface area (Å²) in [6.07, 6.45) is 0. The summed E-state index contributed by atoms with van der Waals surface area (Å²) in [4.78, 5) is 33.0. The fraction of sp³-hybridized carbons (Fsp3) is 0.174. The second-order valence-electron chi connectivity index (χ2n) is 6.95. The van der Waals surface area contributed by atoms with Gasteiger partial charge in [0.1, 0.15) is 11.5 Å². The molecule has 7 heteroatoms. The number of methoxy groups -OCH3 is 1. The lowest BCUT2D eigenvalue weighted by molar-refractivity contribution is -0.132. The minimum atomic E-state index is -0.815. The van der Waals surface area contributed by atoms with Crippen LogP contribution in [0.5, 0.6) is 5.75 Å². The first-order valence-corrected chi connectivity index (χ1v) is 10.2. The molecule has 0 bridgehead atoms. The van der Waals surface area contributed by atoms with Crippen LogP contribution in [0.15, 0.2) is 60.2 Å². The SMILES string of the molecule is COc1cccc([C@@H]2/C(=C(\O)c3ccccc3)C(=O)C(=O)N2c2nc(C)c(C)s2)c1. The highest BCUT2D eigenvalue weighted by Gasteiger charge is 2.48. The Labute approximate surface area is 178 Å². The lowest BCUT2D eigenvalue weighted by Crippen LogP contribution is -2.29. The van der Waals surface area contributed by atoms with Crippen LogP contribution in [-0.2, 0) is 9.59 Å². The first kappa shape index (κ1) is 19.8. The highest BCUT2D eigenvalue weighted by molar-refractivity contribution is 7.16. The molecule has 1 atom stereocenters. The molecule has 1 amide bonds. The van der Waals surface area contributed by atoms with Crippen molar-refractivity contribution in [1.82, 2.24) is 4.98 Å². The number of anilines is 1. The van der Waals surface area contributed by atoms with E-state index in [0.717, 1.165) is 10.6 Å². The van der Waals surface area contributed by atoms with E-state index in [-0.39, 0.29) is 11.3 Å². The zero-order chi connectivity index (χ0) is 21.4. The third-order valence-electron chi connectivity index (χ3n) is 5.12. The molecule has 1 aliphatic heterocycles. The van der Waals surface area contributed by atoms with Gasteiger partial charge in [0.2, 0.25) is 0 Å². The number of aromatic nitrogens is 1. The molecule has 0 aliphatic carbocycles. The Kier molecular flexibility index (Phi) is 5.13. The Balaban J connectivity index is 1.96. The number of aliphatic hydroxyl groups is 1. The minimum absolute atomic E-state index is 0.0324. The van der Waals surface area contributed by atoms with Crippen LogP contribution in [-0.4, -0.2) is 28.9 Å². The molecule has 0 radical (unpaired) electrons. The Hall–Kier alpha value is -3.45. The third-order valence-corrected chi connectivity index (χ3v) is 6.20. The number of nitrogens with zero attached hydrogens (tertiary/aromatic N) is 2. The molecule has 1 N–H and O–H groups in total. The van der Waals surface area contributed by atoms with Crippen molar-refractivity contribution in [2.24, 2.45) is 0 Å². The maximum atomic E-state index is 13.1. The summed E-state index contributed by atoms with van der Waals surface area (Å²) >= 11 is 1.34. The molecule has 0 spiro atoms. The van der Waals surface area contributed by atoms with Crippen molar-refractivity contribution in [2.45, 2.75) is 19.9 Å². The van der Waals surface area contributed by atoms with Crippen molar-refractivity contribution in [3.05, 3.63) is 81.9 Å². The van der Waals surface area contributed by atoms with Gasteiger partial charge < -0.3 is 9.84 Å². The van der Waals surface area contributed by atoms with Gasteiger partial charge in [-0.25, -0.2) is 4.98 Å². The van der Waals surface area contributed by atoms with Crippen molar-refractivity contribution >= 4 is 33.9 Å². The van der Waals surface area contributed by atoms with Gasteiger partial charge in [-0.2, -0.15) is 0 Å². The zero-order valence-corrected chi connectivity index (χ0v) is 17.6. The smallest absolute Gasteiger partial charge is 0.301 e. The quantitative estimate of drug-likeness (QED) is 0.385. The van der Waals surface area contributed by atoms with Gasteiger partial charge in [-0.3, -0.25) is 14.5 Å². The van der Waals surface area contributed by atoms with Crippen LogP contribution in [0, 0.1) is 13.8 Å². The summed E-state index contributed by atoms with van der Waals surface area (Å²) in [7, 11) is 1.55. The number of hydrogen-bond acceptors (Lipinski definition) is 6. The largest absolute Gasteiger partial charge is 0.507 e. The molecule has 30 heavy (non-hydrogen) atoms. The first-order valence-electron chi connectivity index (χ1n) is 9.36. The number of aliphatic hydroxyl groups excluding tert-OH is 1.